The van der Waals surface area contributed by atoms with Crippen molar-refractivity contribution in [2.45, 2.75) is 25.8 Å². The summed E-state index contributed by atoms with van der Waals surface area (Å²) in [4.78, 5) is 13.7. The lowest BCUT2D eigenvalue weighted by atomic mass is 10.0. The Labute approximate surface area is 204 Å². The first-order valence-electron chi connectivity index (χ1n) is 11.2. The molecule has 0 saturated carbocycles. The summed E-state index contributed by atoms with van der Waals surface area (Å²) >= 11 is 0. The number of piperazine rings is 1. The minimum atomic E-state index is 0. The van der Waals surface area contributed by atoms with Gasteiger partial charge in [0.15, 0.2) is 5.96 Å². The van der Waals surface area contributed by atoms with Crippen molar-refractivity contribution in [1.82, 2.24) is 20.5 Å². The molecular formula is C22H39IN6O2. The van der Waals surface area contributed by atoms with Crippen LogP contribution in [0.5, 0.6) is 0 Å². The number of guanidine groups is 1. The highest BCUT2D eigenvalue weighted by atomic mass is 127. The van der Waals surface area contributed by atoms with Gasteiger partial charge in [-0.25, -0.2) is 4.98 Å². The Hall–Kier alpha value is -1.17. The van der Waals surface area contributed by atoms with Crippen LogP contribution in [0.4, 0.5) is 5.82 Å². The van der Waals surface area contributed by atoms with E-state index < -0.39 is 0 Å². The van der Waals surface area contributed by atoms with Gasteiger partial charge in [-0.05, 0) is 38.3 Å². The lowest BCUT2D eigenvalue weighted by Crippen LogP contribution is -2.45. The third-order valence-electron chi connectivity index (χ3n) is 5.79. The highest BCUT2D eigenvalue weighted by Gasteiger charge is 2.18. The van der Waals surface area contributed by atoms with Crippen molar-refractivity contribution in [3.63, 3.8) is 0 Å². The Bertz CT molecular complexity index is 649. The quantitative estimate of drug-likeness (QED) is 0.212. The van der Waals surface area contributed by atoms with Gasteiger partial charge in [-0.3, -0.25) is 4.99 Å². The van der Waals surface area contributed by atoms with Gasteiger partial charge >= 0.3 is 0 Å². The summed E-state index contributed by atoms with van der Waals surface area (Å²) in [6, 6.07) is 4.15. The molecule has 176 valence electrons. The molecule has 0 aromatic carbocycles. The second kappa shape index (κ2) is 14.8. The Balaban J connectivity index is 0.00000341. The monoisotopic (exact) mass is 546 g/mol. The maximum Gasteiger partial charge on any atom is 0.191 e. The maximum absolute atomic E-state index is 5.84. The molecule has 3 heterocycles. The van der Waals surface area contributed by atoms with Gasteiger partial charge in [-0.15, -0.1) is 24.0 Å². The van der Waals surface area contributed by atoms with Gasteiger partial charge in [0.25, 0.3) is 0 Å². The fourth-order valence-electron chi connectivity index (χ4n) is 3.81. The van der Waals surface area contributed by atoms with Gasteiger partial charge in [0, 0.05) is 84.5 Å². The molecule has 3 rings (SSSR count). The highest BCUT2D eigenvalue weighted by molar-refractivity contribution is 14.0. The number of nitrogens with zero attached hydrogens (tertiary/aromatic N) is 4. The number of nitrogens with one attached hydrogen (secondary N) is 2. The van der Waals surface area contributed by atoms with Crippen LogP contribution in [-0.4, -0.2) is 89.1 Å². The standard InChI is InChI=1S/C22H38N6O2.HI/c1-23-22(25-9-4-14-30-18-19-6-15-29-16-7-19)26-17-20-5-3-8-24-21(20)28-12-10-27(2)11-13-28;/h3,5,8,19H,4,6-7,9-18H2,1-2H3,(H2,23,25,26);1H. The molecule has 9 heteroatoms. The molecule has 0 aliphatic carbocycles. The molecule has 0 radical (unpaired) electrons. The van der Waals surface area contributed by atoms with Crippen molar-refractivity contribution in [1.29, 1.82) is 0 Å². The third-order valence-corrected chi connectivity index (χ3v) is 5.79. The second-order valence-electron chi connectivity index (χ2n) is 8.11. The Morgan fingerprint density at radius 3 is 2.74 bits per heavy atom. The smallest absolute Gasteiger partial charge is 0.191 e. The van der Waals surface area contributed by atoms with E-state index in [-0.39, 0.29) is 24.0 Å². The van der Waals surface area contributed by atoms with E-state index in [1.807, 2.05) is 19.3 Å². The molecule has 2 N–H and O–H groups in total. The molecule has 2 fully saturated rings. The van der Waals surface area contributed by atoms with Gasteiger partial charge < -0.3 is 29.9 Å². The first-order chi connectivity index (χ1) is 14.8. The molecule has 0 spiro atoms. The van der Waals surface area contributed by atoms with Crippen LogP contribution in [-0.2, 0) is 16.0 Å². The number of aliphatic imine (C=N–C) groups is 1. The van der Waals surface area contributed by atoms with E-state index in [0.717, 1.165) is 90.2 Å². The van der Waals surface area contributed by atoms with Crippen LogP contribution < -0.4 is 15.5 Å². The summed E-state index contributed by atoms with van der Waals surface area (Å²) in [6.07, 6.45) is 5.09. The number of ether oxygens (including phenoxy) is 2. The Morgan fingerprint density at radius 1 is 1.23 bits per heavy atom. The third kappa shape index (κ3) is 9.07. The van der Waals surface area contributed by atoms with Crippen molar-refractivity contribution in [2.24, 2.45) is 10.9 Å². The largest absolute Gasteiger partial charge is 0.381 e. The van der Waals surface area contributed by atoms with Crippen molar-refractivity contribution >= 4 is 35.8 Å². The summed E-state index contributed by atoms with van der Waals surface area (Å²) < 4.78 is 11.2. The lowest BCUT2D eigenvalue weighted by molar-refractivity contribution is 0.0203. The molecule has 2 saturated heterocycles. The van der Waals surface area contributed by atoms with E-state index in [4.69, 9.17) is 9.47 Å². The van der Waals surface area contributed by atoms with Crippen molar-refractivity contribution < 1.29 is 9.47 Å². The lowest BCUT2D eigenvalue weighted by Gasteiger charge is -2.34. The molecule has 0 atom stereocenters. The topological polar surface area (TPSA) is 74.2 Å². The number of hydrogen-bond acceptors (Lipinski definition) is 6. The van der Waals surface area contributed by atoms with E-state index in [1.165, 1.54) is 5.56 Å². The molecule has 1 aromatic rings. The van der Waals surface area contributed by atoms with Crippen LogP contribution in [0.3, 0.4) is 0 Å². The fourth-order valence-corrected chi connectivity index (χ4v) is 3.81. The first-order valence-corrected chi connectivity index (χ1v) is 11.2. The molecule has 0 amide bonds. The van der Waals surface area contributed by atoms with E-state index in [2.05, 4.69) is 43.5 Å². The molecule has 8 nitrogen and oxygen atoms in total. The van der Waals surface area contributed by atoms with E-state index >= 15 is 0 Å². The van der Waals surface area contributed by atoms with Crippen LogP contribution >= 0.6 is 24.0 Å². The summed E-state index contributed by atoms with van der Waals surface area (Å²) in [6.45, 7) is 9.11. The minimum absolute atomic E-state index is 0. The van der Waals surface area contributed by atoms with Crippen molar-refractivity contribution in [3.05, 3.63) is 23.9 Å². The molecule has 1 aromatic heterocycles. The Morgan fingerprint density at radius 2 is 2.00 bits per heavy atom. The average molecular weight is 546 g/mol. The maximum atomic E-state index is 5.84. The van der Waals surface area contributed by atoms with Crippen LogP contribution in [0.25, 0.3) is 0 Å². The molecule has 0 unspecified atom stereocenters. The Kier molecular flexibility index (Phi) is 12.5. The summed E-state index contributed by atoms with van der Waals surface area (Å²) in [5.74, 6) is 2.55. The van der Waals surface area contributed by atoms with Crippen LogP contribution in [0.15, 0.2) is 23.3 Å². The number of pyridine rings is 1. The highest BCUT2D eigenvalue weighted by Crippen LogP contribution is 2.18. The van der Waals surface area contributed by atoms with Crippen LogP contribution in [0.2, 0.25) is 0 Å². The predicted octanol–water partition coefficient (Wildman–Crippen LogP) is 1.95. The van der Waals surface area contributed by atoms with Gasteiger partial charge in [0.1, 0.15) is 5.82 Å². The number of hydrogen-bond donors (Lipinski definition) is 2. The zero-order valence-electron chi connectivity index (χ0n) is 19.0. The van der Waals surface area contributed by atoms with Gasteiger partial charge in [-0.1, -0.05) is 6.07 Å². The van der Waals surface area contributed by atoms with E-state index in [1.54, 1.807) is 0 Å². The van der Waals surface area contributed by atoms with Crippen LogP contribution in [0.1, 0.15) is 24.8 Å². The van der Waals surface area contributed by atoms with E-state index in [0.29, 0.717) is 12.5 Å². The van der Waals surface area contributed by atoms with Crippen molar-refractivity contribution in [2.75, 3.05) is 78.1 Å². The first kappa shape index (κ1) is 26.1. The molecule has 2 aliphatic heterocycles. The second-order valence-corrected chi connectivity index (χ2v) is 8.11. The molecule has 0 bridgehead atoms. The molecule has 2 aliphatic rings. The zero-order valence-corrected chi connectivity index (χ0v) is 21.3. The van der Waals surface area contributed by atoms with Crippen LogP contribution in [0, 0.1) is 5.92 Å². The molecular weight excluding hydrogens is 507 g/mol. The van der Waals surface area contributed by atoms with Gasteiger partial charge in [0.2, 0.25) is 0 Å². The van der Waals surface area contributed by atoms with Gasteiger partial charge in [0.05, 0.1) is 0 Å². The minimum Gasteiger partial charge on any atom is -0.381 e. The van der Waals surface area contributed by atoms with Gasteiger partial charge in [-0.2, -0.15) is 0 Å². The molecule has 31 heavy (non-hydrogen) atoms. The fraction of sp³-hybridized carbons (Fsp3) is 0.727. The summed E-state index contributed by atoms with van der Waals surface area (Å²) in [7, 11) is 3.98. The SMILES string of the molecule is CN=C(NCCCOCC1CCOCC1)NCc1cccnc1N1CCN(C)CC1.I. The number of anilines is 1. The van der Waals surface area contributed by atoms with E-state index in [9.17, 15) is 0 Å². The number of rotatable bonds is 9. The average Bonchev–Trinajstić information content (AvgIpc) is 2.79. The number of halogens is 1. The summed E-state index contributed by atoms with van der Waals surface area (Å²) in [5, 5.41) is 6.80. The normalized spacial score (nSPS) is 18.5. The zero-order chi connectivity index (χ0) is 21.0. The summed E-state index contributed by atoms with van der Waals surface area (Å²) in [5.41, 5.74) is 1.20. The number of likely N-dealkylation sites (N-methyl/N-ethyl adjacent to an activating group) is 1. The predicted molar refractivity (Wildman–Crippen MR) is 137 cm³/mol. The van der Waals surface area contributed by atoms with Crippen molar-refractivity contribution in [3.8, 4) is 0 Å². The number of aromatic nitrogens is 1.